The van der Waals surface area contributed by atoms with Crippen LogP contribution in [0.15, 0.2) is 5.16 Å². The Morgan fingerprint density at radius 2 is 2.18 bits per heavy atom. The van der Waals surface area contributed by atoms with Crippen molar-refractivity contribution in [3.8, 4) is 0 Å². The standard InChI is InChI=1S/C12H21NO4/c1-6-16-10(14)12(8-15-5)7-9(13-17-12)11(2,3)4/h6-8H2,1-5H3/t12-/m1/s1. The van der Waals surface area contributed by atoms with Gasteiger partial charge in [0.15, 0.2) is 0 Å². The minimum Gasteiger partial charge on any atom is -0.463 e. The van der Waals surface area contributed by atoms with Crippen molar-refractivity contribution < 1.29 is 19.1 Å². The van der Waals surface area contributed by atoms with Crippen molar-refractivity contribution in [1.29, 1.82) is 0 Å². The Bertz CT molecular complexity index is 319. The van der Waals surface area contributed by atoms with Crippen LogP contribution < -0.4 is 0 Å². The number of carbonyl (C=O) groups is 1. The Labute approximate surface area is 102 Å². The monoisotopic (exact) mass is 243 g/mol. The molecule has 0 saturated heterocycles. The van der Waals surface area contributed by atoms with Crippen LogP contribution in [0, 0.1) is 5.41 Å². The first-order chi connectivity index (χ1) is 7.85. The third kappa shape index (κ3) is 2.97. The van der Waals surface area contributed by atoms with E-state index in [1.807, 2.05) is 20.8 Å². The Kier molecular flexibility index (Phi) is 4.14. The van der Waals surface area contributed by atoms with E-state index in [2.05, 4.69) is 5.16 Å². The maximum atomic E-state index is 11.9. The van der Waals surface area contributed by atoms with Gasteiger partial charge in [-0.3, -0.25) is 0 Å². The summed E-state index contributed by atoms with van der Waals surface area (Å²) in [4.78, 5) is 17.3. The van der Waals surface area contributed by atoms with Crippen LogP contribution in [-0.4, -0.2) is 37.6 Å². The van der Waals surface area contributed by atoms with Crippen LogP contribution >= 0.6 is 0 Å². The maximum absolute atomic E-state index is 11.9. The summed E-state index contributed by atoms with van der Waals surface area (Å²) in [5.41, 5.74) is -0.377. The molecule has 0 amide bonds. The van der Waals surface area contributed by atoms with Gasteiger partial charge in [0, 0.05) is 18.9 Å². The normalized spacial score (nSPS) is 24.2. The molecule has 1 heterocycles. The quantitative estimate of drug-likeness (QED) is 0.706. The van der Waals surface area contributed by atoms with Gasteiger partial charge in [-0.15, -0.1) is 0 Å². The zero-order valence-corrected chi connectivity index (χ0v) is 11.2. The number of hydrogen-bond acceptors (Lipinski definition) is 5. The molecule has 0 fully saturated rings. The summed E-state index contributed by atoms with van der Waals surface area (Å²) in [6.45, 7) is 8.32. The van der Waals surface area contributed by atoms with E-state index in [1.165, 1.54) is 7.11 Å². The van der Waals surface area contributed by atoms with Crippen molar-refractivity contribution in [3.63, 3.8) is 0 Å². The van der Waals surface area contributed by atoms with Crippen molar-refractivity contribution in [2.45, 2.75) is 39.7 Å². The number of ether oxygens (including phenoxy) is 2. The van der Waals surface area contributed by atoms with E-state index >= 15 is 0 Å². The molecular formula is C12H21NO4. The van der Waals surface area contributed by atoms with Gasteiger partial charge in [0.05, 0.1) is 12.3 Å². The van der Waals surface area contributed by atoms with Crippen molar-refractivity contribution in [3.05, 3.63) is 0 Å². The van der Waals surface area contributed by atoms with Crippen LogP contribution in [0.5, 0.6) is 0 Å². The second kappa shape index (κ2) is 5.04. The Morgan fingerprint density at radius 3 is 2.59 bits per heavy atom. The molecule has 0 aromatic rings. The van der Waals surface area contributed by atoms with Gasteiger partial charge < -0.3 is 14.3 Å². The zero-order valence-electron chi connectivity index (χ0n) is 11.2. The SMILES string of the molecule is CCOC(=O)[C@]1(COC)CC(C(C)(C)C)=NO1. The zero-order chi connectivity index (χ0) is 13.1. The molecule has 0 unspecified atom stereocenters. The van der Waals surface area contributed by atoms with Crippen LogP contribution in [-0.2, 0) is 19.1 Å². The van der Waals surface area contributed by atoms with Gasteiger partial charge in [0.1, 0.15) is 6.61 Å². The van der Waals surface area contributed by atoms with Gasteiger partial charge in [0.2, 0.25) is 0 Å². The molecule has 5 nitrogen and oxygen atoms in total. The number of rotatable bonds is 4. The summed E-state index contributed by atoms with van der Waals surface area (Å²) in [6.07, 6.45) is 0.420. The number of esters is 1. The van der Waals surface area contributed by atoms with Crippen molar-refractivity contribution in [2.75, 3.05) is 20.3 Å². The van der Waals surface area contributed by atoms with Crippen LogP contribution in [0.2, 0.25) is 0 Å². The molecule has 0 N–H and O–H groups in total. The Morgan fingerprint density at radius 1 is 1.53 bits per heavy atom. The smallest absolute Gasteiger partial charge is 0.356 e. The van der Waals surface area contributed by atoms with Crippen LogP contribution in [0.3, 0.4) is 0 Å². The minimum absolute atomic E-state index is 0.123. The van der Waals surface area contributed by atoms with Crippen molar-refractivity contribution in [2.24, 2.45) is 10.6 Å². The summed E-state index contributed by atoms with van der Waals surface area (Å²) in [5.74, 6) is -0.412. The molecule has 0 aromatic carbocycles. The maximum Gasteiger partial charge on any atom is 0.356 e. The number of hydrogen-bond donors (Lipinski definition) is 0. The molecule has 5 heteroatoms. The lowest BCUT2D eigenvalue weighted by molar-refractivity contribution is -0.175. The molecule has 0 aromatic heterocycles. The average molecular weight is 243 g/mol. The third-order valence-corrected chi connectivity index (χ3v) is 2.67. The molecule has 0 aliphatic carbocycles. The first kappa shape index (κ1) is 14.0. The second-order valence-electron chi connectivity index (χ2n) is 5.20. The van der Waals surface area contributed by atoms with Gasteiger partial charge >= 0.3 is 5.97 Å². The fourth-order valence-electron chi connectivity index (χ4n) is 1.62. The summed E-state index contributed by atoms with van der Waals surface area (Å²) in [7, 11) is 1.53. The van der Waals surface area contributed by atoms with E-state index in [0.29, 0.717) is 13.0 Å². The van der Waals surface area contributed by atoms with Gasteiger partial charge in [0.25, 0.3) is 5.60 Å². The molecule has 0 radical (unpaired) electrons. The highest BCUT2D eigenvalue weighted by Gasteiger charge is 2.50. The molecule has 1 rings (SSSR count). The number of nitrogens with zero attached hydrogens (tertiary/aromatic N) is 1. The molecule has 0 saturated carbocycles. The van der Waals surface area contributed by atoms with Crippen LogP contribution in [0.25, 0.3) is 0 Å². The summed E-state index contributed by atoms with van der Waals surface area (Å²) in [5, 5.41) is 4.02. The van der Waals surface area contributed by atoms with Crippen molar-refractivity contribution >= 4 is 11.7 Å². The number of methoxy groups -OCH3 is 1. The van der Waals surface area contributed by atoms with Crippen LogP contribution in [0.1, 0.15) is 34.1 Å². The largest absolute Gasteiger partial charge is 0.463 e. The molecule has 0 bridgehead atoms. The van der Waals surface area contributed by atoms with E-state index in [1.54, 1.807) is 6.92 Å². The first-order valence-corrected chi connectivity index (χ1v) is 5.77. The predicted octanol–water partition coefficient (Wildman–Crippen LogP) is 1.76. The fraction of sp³-hybridized carbons (Fsp3) is 0.833. The lowest BCUT2D eigenvalue weighted by Gasteiger charge is -2.24. The first-order valence-electron chi connectivity index (χ1n) is 5.77. The Balaban J connectivity index is 2.83. The minimum atomic E-state index is -1.10. The van der Waals surface area contributed by atoms with Gasteiger partial charge in [-0.25, -0.2) is 4.79 Å². The highest BCUT2D eigenvalue weighted by Crippen LogP contribution is 2.33. The van der Waals surface area contributed by atoms with Gasteiger partial charge in [-0.2, -0.15) is 0 Å². The summed E-state index contributed by atoms with van der Waals surface area (Å²) in [6, 6.07) is 0. The molecule has 17 heavy (non-hydrogen) atoms. The number of oxime groups is 1. The molecule has 1 atom stereocenters. The highest BCUT2D eigenvalue weighted by molar-refractivity contribution is 5.96. The predicted molar refractivity (Wildman–Crippen MR) is 63.8 cm³/mol. The highest BCUT2D eigenvalue weighted by atomic mass is 16.7. The Hall–Kier alpha value is -1.10. The average Bonchev–Trinajstić information content (AvgIpc) is 2.64. The lowest BCUT2D eigenvalue weighted by Crippen LogP contribution is -2.45. The lowest BCUT2D eigenvalue weighted by atomic mass is 9.83. The molecule has 1 aliphatic rings. The van der Waals surface area contributed by atoms with Crippen molar-refractivity contribution in [1.82, 2.24) is 0 Å². The van der Waals surface area contributed by atoms with Gasteiger partial charge in [-0.05, 0) is 6.92 Å². The van der Waals surface area contributed by atoms with E-state index in [9.17, 15) is 4.79 Å². The van der Waals surface area contributed by atoms with E-state index < -0.39 is 11.6 Å². The van der Waals surface area contributed by atoms with E-state index in [4.69, 9.17) is 14.3 Å². The van der Waals surface area contributed by atoms with Gasteiger partial charge in [-0.1, -0.05) is 25.9 Å². The molecule has 1 aliphatic heterocycles. The topological polar surface area (TPSA) is 57.1 Å². The third-order valence-electron chi connectivity index (χ3n) is 2.67. The molecule has 98 valence electrons. The second-order valence-corrected chi connectivity index (χ2v) is 5.20. The fourth-order valence-corrected chi connectivity index (χ4v) is 1.62. The number of carbonyl (C=O) groups excluding carboxylic acids is 1. The molecule has 0 spiro atoms. The van der Waals surface area contributed by atoms with E-state index in [-0.39, 0.29) is 12.0 Å². The van der Waals surface area contributed by atoms with Crippen LogP contribution in [0.4, 0.5) is 0 Å². The van der Waals surface area contributed by atoms with E-state index in [0.717, 1.165) is 5.71 Å². The molecular weight excluding hydrogens is 222 g/mol. The summed E-state index contributed by atoms with van der Waals surface area (Å²) >= 11 is 0. The summed E-state index contributed by atoms with van der Waals surface area (Å²) < 4.78 is 10.1.